The third-order valence-electron chi connectivity index (χ3n) is 3.93. The molecule has 3 unspecified atom stereocenters. The molecule has 0 saturated carbocycles. The fourth-order valence-corrected chi connectivity index (χ4v) is 4.87. The molecule has 100 valence electrons. The molecule has 3 atom stereocenters. The summed E-state index contributed by atoms with van der Waals surface area (Å²) in [5.74, 6) is 0.815. The van der Waals surface area contributed by atoms with Gasteiger partial charge in [0.25, 0.3) is 0 Å². The third kappa shape index (κ3) is 2.83. The summed E-state index contributed by atoms with van der Waals surface area (Å²) in [6.45, 7) is 8.81. The zero-order valence-corrected chi connectivity index (χ0v) is 11.9. The van der Waals surface area contributed by atoms with Crippen molar-refractivity contribution in [3.63, 3.8) is 0 Å². The van der Waals surface area contributed by atoms with E-state index in [0.29, 0.717) is 18.2 Å². The van der Waals surface area contributed by atoms with E-state index in [0.717, 1.165) is 25.9 Å². The van der Waals surface area contributed by atoms with Crippen molar-refractivity contribution < 1.29 is 8.42 Å². The largest absolute Gasteiger partial charge is 0.315 e. The molecule has 0 amide bonds. The smallest absolute Gasteiger partial charge is 0.214 e. The van der Waals surface area contributed by atoms with Gasteiger partial charge in [-0.15, -0.1) is 0 Å². The number of hydrogen-bond acceptors (Lipinski definition) is 3. The molecular formula is C12H24N2O2S. The zero-order chi connectivity index (χ0) is 12.7. The summed E-state index contributed by atoms with van der Waals surface area (Å²) in [6.07, 6.45) is 1.83. The standard InChI is InChI=1S/C12H24N2O2S/c1-12(2,3)11-8-13-7-10-5-4-6-17(15,16)14(11)9-10/h10-11,13H,4-9H2,1-3H3. The topological polar surface area (TPSA) is 49.4 Å². The van der Waals surface area contributed by atoms with E-state index >= 15 is 0 Å². The summed E-state index contributed by atoms with van der Waals surface area (Å²) < 4.78 is 26.4. The lowest BCUT2D eigenvalue weighted by Gasteiger charge is -2.37. The lowest BCUT2D eigenvalue weighted by atomic mass is 9.86. The molecule has 0 aromatic carbocycles. The molecule has 2 heterocycles. The van der Waals surface area contributed by atoms with Crippen LogP contribution in [0.15, 0.2) is 0 Å². The first-order valence-corrected chi connectivity index (χ1v) is 8.12. The van der Waals surface area contributed by atoms with Crippen LogP contribution in [0.2, 0.25) is 0 Å². The molecule has 2 bridgehead atoms. The van der Waals surface area contributed by atoms with Gasteiger partial charge in [-0.05, 0) is 30.7 Å². The first-order chi connectivity index (χ1) is 7.81. The average Bonchev–Trinajstić information content (AvgIpc) is 2.46. The van der Waals surface area contributed by atoms with Crippen LogP contribution in [0.25, 0.3) is 0 Å². The van der Waals surface area contributed by atoms with E-state index in [-0.39, 0.29) is 11.5 Å². The second-order valence-electron chi connectivity index (χ2n) is 6.43. The van der Waals surface area contributed by atoms with E-state index in [1.807, 2.05) is 0 Å². The Morgan fingerprint density at radius 1 is 1.24 bits per heavy atom. The fourth-order valence-electron chi connectivity index (χ4n) is 2.88. The molecule has 2 saturated heterocycles. The Hall–Kier alpha value is -0.130. The molecule has 2 aliphatic rings. The Balaban J connectivity index is 2.35. The third-order valence-corrected chi connectivity index (χ3v) is 5.85. The quantitative estimate of drug-likeness (QED) is 0.708. The molecule has 4 nitrogen and oxygen atoms in total. The van der Waals surface area contributed by atoms with Crippen molar-refractivity contribution in [1.29, 1.82) is 0 Å². The van der Waals surface area contributed by atoms with Gasteiger partial charge in [-0.2, -0.15) is 4.31 Å². The van der Waals surface area contributed by atoms with Gasteiger partial charge in [-0.3, -0.25) is 0 Å². The highest BCUT2D eigenvalue weighted by atomic mass is 32.2. The fraction of sp³-hybridized carbons (Fsp3) is 1.00. The predicted octanol–water partition coefficient (Wildman–Crippen LogP) is 1.05. The number of nitrogens with zero attached hydrogens (tertiary/aromatic N) is 1. The minimum atomic E-state index is -3.05. The maximum absolute atomic E-state index is 12.3. The molecule has 17 heavy (non-hydrogen) atoms. The van der Waals surface area contributed by atoms with Gasteiger partial charge in [0.05, 0.1) is 5.75 Å². The maximum atomic E-state index is 12.3. The van der Waals surface area contributed by atoms with Gasteiger partial charge in [0.15, 0.2) is 0 Å². The summed E-state index contributed by atoms with van der Waals surface area (Å²) in [5, 5.41) is 3.43. The minimum Gasteiger partial charge on any atom is -0.315 e. The molecule has 0 aromatic heterocycles. The molecule has 0 aliphatic carbocycles. The number of nitrogens with one attached hydrogen (secondary N) is 1. The molecule has 2 rings (SSSR count). The van der Waals surface area contributed by atoms with Gasteiger partial charge in [-0.1, -0.05) is 20.8 Å². The van der Waals surface area contributed by atoms with Crippen molar-refractivity contribution in [3.8, 4) is 0 Å². The minimum absolute atomic E-state index is 0.0146. The highest BCUT2D eigenvalue weighted by Gasteiger charge is 2.41. The number of rotatable bonds is 0. The van der Waals surface area contributed by atoms with Crippen molar-refractivity contribution in [2.75, 3.05) is 25.4 Å². The summed E-state index contributed by atoms with van der Waals surface area (Å²) in [4.78, 5) is 0. The Kier molecular flexibility index (Phi) is 3.54. The first-order valence-electron chi connectivity index (χ1n) is 6.51. The molecule has 5 heteroatoms. The van der Waals surface area contributed by atoms with Crippen LogP contribution in [-0.4, -0.2) is 44.2 Å². The van der Waals surface area contributed by atoms with Crippen molar-refractivity contribution in [1.82, 2.24) is 9.62 Å². The monoisotopic (exact) mass is 260 g/mol. The molecule has 0 aromatic rings. The molecular weight excluding hydrogens is 236 g/mol. The van der Waals surface area contributed by atoms with Gasteiger partial charge in [0.2, 0.25) is 10.0 Å². The Morgan fingerprint density at radius 3 is 2.59 bits per heavy atom. The van der Waals surface area contributed by atoms with E-state index in [4.69, 9.17) is 0 Å². The predicted molar refractivity (Wildman–Crippen MR) is 69.3 cm³/mol. The van der Waals surface area contributed by atoms with E-state index in [2.05, 4.69) is 26.1 Å². The van der Waals surface area contributed by atoms with Crippen LogP contribution in [0, 0.1) is 11.3 Å². The van der Waals surface area contributed by atoms with Gasteiger partial charge in [-0.25, -0.2) is 8.42 Å². The van der Waals surface area contributed by atoms with Crippen LogP contribution in [0.3, 0.4) is 0 Å². The lowest BCUT2D eigenvalue weighted by Crippen LogP contribution is -2.51. The van der Waals surface area contributed by atoms with Crippen molar-refractivity contribution in [3.05, 3.63) is 0 Å². The molecule has 0 spiro atoms. The second-order valence-corrected chi connectivity index (χ2v) is 8.48. The van der Waals surface area contributed by atoms with Crippen LogP contribution < -0.4 is 5.32 Å². The summed E-state index contributed by atoms with van der Waals surface area (Å²) in [6, 6.07) is 0.0793. The van der Waals surface area contributed by atoms with Gasteiger partial charge < -0.3 is 5.32 Å². The molecule has 1 N–H and O–H groups in total. The number of fused-ring (bicyclic) bond motifs is 2. The van der Waals surface area contributed by atoms with Crippen molar-refractivity contribution >= 4 is 10.0 Å². The van der Waals surface area contributed by atoms with Crippen molar-refractivity contribution in [2.24, 2.45) is 11.3 Å². The number of hydrogen-bond donors (Lipinski definition) is 1. The van der Waals surface area contributed by atoms with E-state index in [1.54, 1.807) is 4.31 Å². The normalized spacial score (nSPS) is 38.2. The Labute approximate surface area is 105 Å². The molecule has 0 radical (unpaired) electrons. The Morgan fingerprint density at radius 2 is 1.94 bits per heavy atom. The van der Waals surface area contributed by atoms with Gasteiger partial charge in [0.1, 0.15) is 0 Å². The highest BCUT2D eigenvalue weighted by Crippen LogP contribution is 2.31. The zero-order valence-electron chi connectivity index (χ0n) is 11.1. The van der Waals surface area contributed by atoms with E-state index in [9.17, 15) is 8.42 Å². The first kappa shape index (κ1) is 13.3. The number of sulfonamides is 1. The second kappa shape index (κ2) is 4.52. The average molecular weight is 260 g/mol. The van der Waals surface area contributed by atoms with Crippen LogP contribution in [0.5, 0.6) is 0 Å². The highest BCUT2D eigenvalue weighted by molar-refractivity contribution is 7.89. The van der Waals surface area contributed by atoms with Gasteiger partial charge >= 0.3 is 0 Å². The van der Waals surface area contributed by atoms with Crippen molar-refractivity contribution in [2.45, 2.75) is 39.7 Å². The van der Waals surface area contributed by atoms with E-state index in [1.165, 1.54) is 0 Å². The van der Waals surface area contributed by atoms with Crippen LogP contribution in [0.4, 0.5) is 0 Å². The van der Waals surface area contributed by atoms with Crippen LogP contribution >= 0.6 is 0 Å². The summed E-state index contributed by atoms with van der Waals surface area (Å²) in [7, 11) is -3.05. The lowest BCUT2D eigenvalue weighted by molar-refractivity contribution is 0.180. The Bertz CT molecular complexity index is 372. The van der Waals surface area contributed by atoms with Crippen LogP contribution in [0.1, 0.15) is 33.6 Å². The summed E-state index contributed by atoms with van der Waals surface area (Å²) >= 11 is 0. The SMILES string of the molecule is CC(C)(C)C1CNCC2CCCS(=O)(=O)N1C2. The molecule has 2 aliphatic heterocycles. The van der Waals surface area contributed by atoms with Gasteiger partial charge in [0, 0.05) is 19.1 Å². The van der Waals surface area contributed by atoms with Crippen LogP contribution in [-0.2, 0) is 10.0 Å². The van der Waals surface area contributed by atoms with E-state index < -0.39 is 10.0 Å². The summed E-state index contributed by atoms with van der Waals surface area (Å²) in [5.41, 5.74) is -0.0146. The maximum Gasteiger partial charge on any atom is 0.214 e. The molecule has 2 fully saturated rings.